The number of rotatable bonds is 2. The lowest BCUT2D eigenvalue weighted by molar-refractivity contribution is 0.00289. The molecule has 1 saturated heterocycles. The first-order valence-electron chi connectivity index (χ1n) is 5.88. The average Bonchev–Trinajstić information content (AvgIpc) is 2.94. The summed E-state index contributed by atoms with van der Waals surface area (Å²) in [6, 6.07) is 0. The Kier molecular flexibility index (Phi) is 2.44. The Labute approximate surface area is 98.8 Å². The van der Waals surface area contributed by atoms with Crippen LogP contribution >= 0.6 is 0 Å². The quantitative estimate of drug-likeness (QED) is 0.850. The van der Waals surface area contributed by atoms with E-state index in [1.165, 1.54) is 6.33 Å². The van der Waals surface area contributed by atoms with Gasteiger partial charge >= 0.3 is 0 Å². The van der Waals surface area contributed by atoms with Crippen LogP contribution < -0.4 is 5.73 Å². The third-order valence-corrected chi connectivity index (χ3v) is 3.24. The van der Waals surface area contributed by atoms with Gasteiger partial charge in [-0.2, -0.15) is 0 Å². The van der Waals surface area contributed by atoms with Gasteiger partial charge in [-0.25, -0.2) is 15.0 Å². The van der Waals surface area contributed by atoms with E-state index in [1.807, 2.05) is 4.57 Å². The number of hydrogen-bond acceptors (Lipinski definition) is 5. The van der Waals surface area contributed by atoms with Crippen LogP contribution in [0, 0.1) is 0 Å². The van der Waals surface area contributed by atoms with Crippen LogP contribution in [0.5, 0.6) is 0 Å². The summed E-state index contributed by atoms with van der Waals surface area (Å²) in [4.78, 5) is 12.4. The molecule has 0 saturated carbocycles. The fraction of sp³-hybridized carbons (Fsp3) is 0.545. The molecule has 6 heteroatoms. The molecule has 1 unspecified atom stereocenters. The zero-order valence-corrected chi connectivity index (χ0v) is 9.71. The predicted molar refractivity (Wildman–Crippen MR) is 63.2 cm³/mol. The number of nitrogens with zero attached hydrogens (tertiary/aromatic N) is 4. The van der Waals surface area contributed by atoms with Gasteiger partial charge in [0.25, 0.3) is 0 Å². The third-order valence-electron chi connectivity index (χ3n) is 3.24. The molecule has 0 aliphatic carbocycles. The number of hydrogen-bond donors (Lipinski definition) is 1. The molecule has 2 N–H and O–H groups in total. The van der Waals surface area contributed by atoms with Crippen LogP contribution in [0.2, 0.25) is 0 Å². The second-order valence-corrected chi connectivity index (χ2v) is 4.28. The number of nitrogens with two attached hydrogens (primary N) is 1. The van der Waals surface area contributed by atoms with Crippen LogP contribution in [0.4, 0.5) is 5.82 Å². The van der Waals surface area contributed by atoms with Gasteiger partial charge < -0.3 is 10.5 Å². The zero-order chi connectivity index (χ0) is 11.8. The molecule has 6 nitrogen and oxygen atoms in total. The smallest absolute Gasteiger partial charge is 0.167 e. The van der Waals surface area contributed by atoms with Gasteiger partial charge in [0.1, 0.15) is 18.1 Å². The monoisotopic (exact) mass is 233 g/mol. The molecule has 1 aliphatic heterocycles. The molecule has 3 heterocycles. The maximum atomic E-state index is 5.92. The Bertz CT molecular complexity index is 538. The van der Waals surface area contributed by atoms with Crippen molar-refractivity contribution in [1.29, 1.82) is 0 Å². The summed E-state index contributed by atoms with van der Waals surface area (Å²) in [7, 11) is 0. The molecule has 17 heavy (non-hydrogen) atoms. The number of ether oxygens (including phenoxy) is 1. The summed E-state index contributed by atoms with van der Waals surface area (Å²) < 4.78 is 7.87. The minimum absolute atomic E-state index is 0.0271. The van der Waals surface area contributed by atoms with Gasteiger partial charge in [0.2, 0.25) is 0 Å². The summed E-state index contributed by atoms with van der Waals surface area (Å²) in [5.74, 6) is 0.416. The Balaban J connectivity index is 1.99. The molecule has 2 atom stereocenters. The van der Waals surface area contributed by atoms with Gasteiger partial charge in [0.15, 0.2) is 11.5 Å². The molecule has 3 rings (SSSR count). The van der Waals surface area contributed by atoms with Crippen LogP contribution in [-0.4, -0.2) is 25.6 Å². The van der Waals surface area contributed by atoms with Crippen molar-refractivity contribution in [1.82, 2.24) is 19.5 Å². The van der Waals surface area contributed by atoms with Crippen molar-refractivity contribution in [3.63, 3.8) is 0 Å². The first kappa shape index (κ1) is 10.5. The second-order valence-electron chi connectivity index (χ2n) is 4.28. The Morgan fingerprint density at radius 1 is 1.41 bits per heavy atom. The van der Waals surface area contributed by atoms with Gasteiger partial charge in [0.05, 0.1) is 12.4 Å². The standard InChI is InChI=1S/C11H15N5O/c1-2-7-3-4-8(17-7)16-6-15-9-10(12)13-5-14-11(9)16/h5-8H,2-4H2,1H3,(H2,12,13,14)/t7-,8?/m1/s1. The van der Waals surface area contributed by atoms with Crippen molar-refractivity contribution in [2.75, 3.05) is 5.73 Å². The van der Waals surface area contributed by atoms with E-state index in [1.54, 1.807) is 6.33 Å². The van der Waals surface area contributed by atoms with Gasteiger partial charge in [0, 0.05) is 0 Å². The van der Waals surface area contributed by atoms with Crippen LogP contribution in [0.25, 0.3) is 11.2 Å². The summed E-state index contributed by atoms with van der Waals surface area (Å²) in [6.45, 7) is 2.14. The van der Waals surface area contributed by atoms with Crippen LogP contribution in [0.15, 0.2) is 12.7 Å². The lowest BCUT2D eigenvalue weighted by Gasteiger charge is -2.13. The number of imidazole rings is 1. The summed E-state index contributed by atoms with van der Waals surface area (Å²) in [5.41, 5.74) is 7.15. The molecule has 2 aromatic rings. The van der Waals surface area contributed by atoms with E-state index in [0.717, 1.165) is 24.9 Å². The number of aromatic nitrogens is 4. The van der Waals surface area contributed by atoms with Gasteiger partial charge in [-0.15, -0.1) is 0 Å². The van der Waals surface area contributed by atoms with Crippen LogP contribution in [0.1, 0.15) is 32.4 Å². The minimum Gasteiger partial charge on any atom is -0.382 e. The highest BCUT2D eigenvalue weighted by molar-refractivity contribution is 5.81. The third kappa shape index (κ3) is 1.64. The largest absolute Gasteiger partial charge is 0.382 e. The van der Waals surface area contributed by atoms with Crippen molar-refractivity contribution < 1.29 is 4.74 Å². The SMILES string of the molecule is CC[C@@H]1CCC(n2cnc3c(N)ncnc32)O1. The molecular formula is C11H15N5O. The van der Waals surface area contributed by atoms with E-state index in [4.69, 9.17) is 10.5 Å². The Morgan fingerprint density at radius 3 is 3.06 bits per heavy atom. The molecule has 0 bridgehead atoms. The average molecular weight is 233 g/mol. The highest BCUT2D eigenvalue weighted by Crippen LogP contribution is 2.31. The van der Waals surface area contributed by atoms with Crippen molar-refractivity contribution in [3.05, 3.63) is 12.7 Å². The first-order valence-corrected chi connectivity index (χ1v) is 5.88. The Morgan fingerprint density at radius 2 is 2.29 bits per heavy atom. The summed E-state index contributed by atoms with van der Waals surface area (Å²) in [5, 5.41) is 0. The highest BCUT2D eigenvalue weighted by Gasteiger charge is 2.26. The lowest BCUT2D eigenvalue weighted by atomic mass is 10.2. The van der Waals surface area contributed by atoms with Crippen LogP contribution in [-0.2, 0) is 4.74 Å². The van der Waals surface area contributed by atoms with Crippen molar-refractivity contribution in [2.24, 2.45) is 0 Å². The van der Waals surface area contributed by atoms with Crippen molar-refractivity contribution in [2.45, 2.75) is 38.5 Å². The molecule has 1 aliphatic rings. The zero-order valence-electron chi connectivity index (χ0n) is 9.71. The van der Waals surface area contributed by atoms with E-state index in [0.29, 0.717) is 17.4 Å². The maximum absolute atomic E-state index is 5.92. The van der Waals surface area contributed by atoms with E-state index in [9.17, 15) is 0 Å². The number of anilines is 1. The minimum atomic E-state index is 0.0271. The molecule has 2 aromatic heterocycles. The topological polar surface area (TPSA) is 78.9 Å². The van der Waals surface area contributed by atoms with Crippen LogP contribution in [0.3, 0.4) is 0 Å². The molecule has 0 amide bonds. The van der Waals surface area contributed by atoms with Gasteiger partial charge in [-0.3, -0.25) is 4.57 Å². The summed E-state index contributed by atoms with van der Waals surface area (Å²) >= 11 is 0. The normalized spacial score (nSPS) is 24.5. The predicted octanol–water partition coefficient (Wildman–Crippen LogP) is 1.50. The molecule has 1 fully saturated rings. The van der Waals surface area contributed by atoms with E-state index < -0.39 is 0 Å². The second kappa shape index (κ2) is 3.96. The lowest BCUT2D eigenvalue weighted by Crippen LogP contribution is -2.10. The molecule has 90 valence electrons. The van der Waals surface area contributed by atoms with Crippen molar-refractivity contribution in [3.8, 4) is 0 Å². The van der Waals surface area contributed by atoms with E-state index in [-0.39, 0.29) is 6.23 Å². The van der Waals surface area contributed by atoms with E-state index in [2.05, 4.69) is 21.9 Å². The highest BCUT2D eigenvalue weighted by atomic mass is 16.5. The maximum Gasteiger partial charge on any atom is 0.167 e. The fourth-order valence-corrected chi connectivity index (χ4v) is 2.27. The number of fused-ring (bicyclic) bond motifs is 1. The first-order chi connectivity index (χ1) is 8.29. The molecular weight excluding hydrogens is 218 g/mol. The fourth-order valence-electron chi connectivity index (χ4n) is 2.27. The number of nitrogen functional groups attached to an aromatic ring is 1. The van der Waals surface area contributed by atoms with Crippen molar-refractivity contribution >= 4 is 17.0 Å². The van der Waals surface area contributed by atoms with Gasteiger partial charge in [-0.05, 0) is 19.3 Å². The molecule has 0 radical (unpaired) electrons. The Hall–Kier alpha value is -1.69. The molecule has 0 spiro atoms. The van der Waals surface area contributed by atoms with E-state index >= 15 is 0 Å². The summed E-state index contributed by atoms with van der Waals surface area (Å²) in [6.07, 6.45) is 6.69. The molecule has 0 aromatic carbocycles. The van der Waals surface area contributed by atoms with Gasteiger partial charge in [-0.1, -0.05) is 6.92 Å².